The molecule has 7 aromatic rings. The molecule has 0 saturated carbocycles. The van der Waals surface area contributed by atoms with Gasteiger partial charge >= 0.3 is 0 Å². The highest BCUT2D eigenvalue weighted by atomic mass is 16.5. The number of rotatable bonds is 6. The van der Waals surface area contributed by atoms with Gasteiger partial charge in [-0.3, -0.25) is 0 Å². The zero-order chi connectivity index (χ0) is 46.1. The quantitative estimate of drug-likeness (QED) is 0.164. The number of fused-ring (bicyclic) bond motifs is 8. The number of aromatic amines is 2. The van der Waals surface area contributed by atoms with E-state index in [1.54, 1.807) is 0 Å². The van der Waals surface area contributed by atoms with Crippen molar-refractivity contribution < 1.29 is 5.21 Å². The molecule has 65 heavy (non-hydrogen) atoms. The molecule has 5 heterocycles. The van der Waals surface area contributed by atoms with Crippen LogP contribution in [0.4, 0.5) is 5.69 Å². The third kappa shape index (κ3) is 8.08. The molecule has 0 fully saturated rings. The van der Waals surface area contributed by atoms with E-state index < -0.39 is 5.54 Å². The second kappa shape index (κ2) is 16.5. The minimum absolute atomic E-state index is 0.542. The van der Waals surface area contributed by atoms with Crippen LogP contribution in [0, 0.1) is 62.3 Å². The van der Waals surface area contributed by atoms with Gasteiger partial charge in [0.2, 0.25) is 0 Å². The van der Waals surface area contributed by atoms with E-state index >= 15 is 0 Å². The molecule has 0 aliphatic carbocycles. The number of benzene rings is 4. The van der Waals surface area contributed by atoms with Crippen molar-refractivity contribution in [3.63, 3.8) is 0 Å². The first-order valence-corrected chi connectivity index (χ1v) is 22.6. The molecule has 0 amide bonds. The molecule has 2 aliphatic heterocycles. The summed E-state index contributed by atoms with van der Waals surface area (Å²) >= 11 is 0. The van der Waals surface area contributed by atoms with Crippen molar-refractivity contribution in [1.82, 2.24) is 19.9 Å². The number of aromatic nitrogens is 4. The van der Waals surface area contributed by atoms with Gasteiger partial charge in [-0.25, -0.2) is 15.0 Å². The van der Waals surface area contributed by atoms with Crippen molar-refractivity contribution in [2.24, 2.45) is 0 Å². The summed E-state index contributed by atoms with van der Waals surface area (Å²) in [6.07, 6.45) is 12.7. The Hall–Kier alpha value is -7.02. The average Bonchev–Trinajstić information content (AvgIpc) is 4.07. The Morgan fingerprint density at radius 1 is 0.431 bits per heavy atom. The van der Waals surface area contributed by atoms with Gasteiger partial charge in [0.25, 0.3) is 0 Å². The van der Waals surface area contributed by atoms with Gasteiger partial charge in [-0.05, 0) is 199 Å². The molecular weight excluding hydrogens is 795 g/mol. The predicted octanol–water partition coefficient (Wildman–Crippen LogP) is 15.6. The molecule has 8 bridgehead atoms. The molecule has 2 aliphatic rings. The van der Waals surface area contributed by atoms with Crippen LogP contribution in [0.15, 0.2) is 84.9 Å². The first kappa shape index (κ1) is 43.2. The highest BCUT2D eigenvalue weighted by Crippen LogP contribution is 2.41. The van der Waals surface area contributed by atoms with Gasteiger partial charge in [-0.1, -0.05) is 82.6 Å². The van der Waals surface area contributed by atoms with E-state index in [1.165, 1.54) is 55.6 Å². The van der Waals surface area contributed by atoms with Gasteiger partial charge in [0.15, 0.2) is 0 Å². The Kier molecular flexibility index (Phi) is 11.0. The lowest BCUT2D eigenvalue weighted by atomic mass is 9.92. The third-order valence-electron chi connectivity index (χ3n) is 12.8. The molecule has 2 N–H and O–H groups in total. The second-order valence-electron chi connectivity index (χ2n) is 19.3. The van der Waals surface area contributed by atoms with Gasteiger partial charge in [0.1, 0.15) is 0 Å². The van der Waals surface area contributed by atoms with Crippen molar-refractivity contribution in [2.45, 2.75) is 88.6 Å². The van der Waals surface area contributed by atoms with Crippen LogP contribution < -0.4 is 5.06 Å². The Morgan fingerprint density at radius 2 is 0.769 bits per heavy atom. The van der Waals surface area contributed by atoms with Crippen LogP contribution in [-0.2, 0) is 5.21 Å². The van der Waals surface area contributed by atoms with Crippen molar-refractivity contribution in [3.8, 4) is 33.4 Å². The van der Waals surface area contributed by atoms with Crippen LogP contribution in [-0.4, -0.2) is 25.5 Å². The van der Waals surface area contributed by atoms with Crippen LogP contribution in [0.5, 0.6) is 0 Å². The van der Waals surface area contributed by atoms with Gasteiger partial charge in [0, 0.05) is 44.3 Å². The molecule has 0 spiro atoms. The van der Waals surface area contributed by atoms with Crippen molar-refractivity contribution in [1.29, 1.82) is 0 Å². The topological polar surface area (TPSA) is 80.5 Å². The Labute approximate surface area is 383 Å². The summed E-state index contributed by atoms with van der Waals surface area (Å²) in [5.74, 6) is 0. The summed E-state index contributed by atoms with van der Waals surface area (Å²) in [7, 11) is 0. The van der Waals surface area contributed by atoms with Crippen LogP contribution >= 0.6 is 0 Å². The Bertz CT molecular complexity index is 3120. The number of hydroxylamine groups is 1. The molecular formula is C59H58N5O. The smallest absolute Gasteiger partial charge is 0.0737 e. The highest BCUT2D eigenvalue weighted by molar-refractivity contribution is 6.01. The van der Waals surface area contributed by atoms with E-state index in [1.807, 2.05) is 45.0 Å². The second-order valence-corrected chi connectivity index (χ2v) is 19.3. The van der Waals surface area contributed by atoms with Gasteiger partial charge < -0.3 is 9.97 Å². The normalized spacial score (nSPS) is 12.5. The monoisotopic (exact) mass is 852 g/mol. The summed E-state index contributed by atoms with van der Waals surface area (Å²) in [5.41, 5.74) is 27.0. The zero-order valence-corrected chi connectivity index (χ0v) is 39.8. The van der Waals surface area contributed by atoms with Crippen LogP contribution in [0.1, 0.15) is 105 Å². The van der Waals surface area contributed by atoms with Crippen LogP contribution in [0.3, 0.4) is 0 Å². The van der Waals surface area contributed by atoms with Crippen molar-refractivity contribution in [2.75, 3.05) is 5.06 Å². The first-order valence-electron chi connectivity index (χ1n) is 22.6. The Balaban J connectivity index is 1.43. The summed E-state index contributed by atoms with van der Waals surface area (Å²) < 4.78 is 0. The molecule has 4 aromatic carbocycles. The third-order valence-corrected chi connectivity index (χ3v) is 12.8. The molecule has 6 nitrogen and oxygen atoms in total. The molecule has 6 heteroatoms. The minimum atomic E-state index is -0.542. The number of hydrogen-bond donors (Lipinski definition) is 2. The average molecular weight is 853 g/mol. The molecule has 1 radical (unpaired) electrons. The molecule has 325 valence electrons. The maximum Gasteiger partial charge on any atom is 0.0737 e. The molecule has 0 saturated heterocycles. The van der Waals surface area contributed by atoms with E-state index in [4.69, 9.17) is 9.97 Å². The van der Waals surface area contributed by atoms with Gasteiger partial charge in [0.05, 0.1) is 34.0 Å². The number of H-pyrrole nitrogens is 2. The van der Waals surface area contributed by atoms with E-state index in [0.717, 1.165) is 88.8 Å². The lowest BCUT2D eigenvalue weighted by Crippen LogP contribution is -2.37. The molecule has 0 atom stereocenters. The zero-order valence-electron chi connectivity index (χ0n) is 39.8. The number of anilines is 1. The predicted molar refractivity (Wildman–Crippen MR) is 276 cm³/mol. The minimum Gasteiger partial charge on any atom is -0.354 e. The van der Waals surface area contributed by atoms with Crippen LogP contribution in [0.2, 0.25) is 0 Å². The highest BCUT2D eigenvalue weighted by Gasteiger charge is 2.23. The number of nitrogens with zero attached hydrogens (tertiary/aromatic N) is 3. The van der Waals surface area contributed by atoms with Gasteiger partial charge in [-0.15, -0.1) is 0 Å². The molecule has 0 unspecified atom stereocenters. The Morgan fingerprint density at radius 3 is 1.14 bits per heavy atom. The van der Waals surface area contributed by atoms with Crippen molar-refractivity contribution >= 4 is 64.2 Å². The van der Waals surface area contributed by atoms with E-state index in [0.29, 0.717) is 5.69 Å². The van der Waals surface area contributed by atoms with Crippen molar-refractivity contribution in [3.05, 3.63) is 169 Å². The maximum atomic E-state index is 13.0. The summed E-state index contributed by atoms with van der Waals surface area (Å²) in [6, 6.07) is 30.3. The van der Waals surface area contributed by atoms with Crippen LogP contribution in [0.25, 0.3) is 91.9 Å². The number of hydrogen-bond acceptors (Lipinski definition) is 3. The van der Waals surface area contributed by atoms with E-state index in [-0.39, 0.29) is 0 Å². The number of aryl methyl sites for hydroxylation is 9. The largest absolute Gasteiger partial charge is 0.354 e. The standard InChI is InChI=1S/C59H58N5O/c1-33-27-36(4)53(37(5)28-33)56-47-21-19-45(60-47)44(18-15-42-13-16-43(17-14-42)64(65)59(10,11)12)46-20-22-48(61-46)57(54-38(6)29-34(2)30-39(54)7)50-24-26-52(63-50)58(51-25-23-49(56)62-51)55-40(8)31-35(3)32-41(55)9/h13-32,62-63H,1-12H3/b18-15+,45-44?,46-44?,56-47?,56-49?,57-48?,57-50?,58-51?,58-52?. The lowest BCUT2D eigenvalue weighted by Gasteiger charge is -2.28. The molecule has 3 aromatic heterocycles. The fourth-order valence-corrected chi connectivity index (χ4v) is 10.2. The lowest BCUT2D eigenvalue weighted by molar-refractivity contribution is 0.102. The fraction of sp³-hybridized carbons (Fsp3) is 0.220. The van der Waals surface area contributed by atoms with E-state index in [2.05, 4.69) is 169 Å². The number of nitrogens with one attached hydrogen (secondary N) is 2. The SMILES string of the molecule is Cc1cc(C)c(-c2c3nc(c(/C=C/c4ccc(N([O])C(C)(C)C)cc4)c4nc(c(-c5c(C)cc(C)cc5C)c5ccc([nH]5)c(-c5c(C)cc(C)cc5C)c5ccc2[nH]5)C=C4)C=C3)c(C)c1. The summed E-state index contributed by atoms with van der Waals surface area (Å²) in [6.45, 7) is 25.5. The fourth-order valence-electron chi connectivity index (χ4n) is 10.2. The summed E-state index contributed by atoms with van der Waals surface area (Å²) in [4.78, 5) is 19.0. The van der Waals surface area contributed by atoms with Gasteiger partial charge in [-0.2, -0.15) is 0 Å². The molecule has 9 rings (SSSR count). The maximum absolute atomic E-state index is 13.0. The summed E-state index contributed by atoms with van der Waals surface area (Å²) in [5, 5.41) is 14.1. The van der Waals surface area contributed by atoms with E-state index in [9.17, 15) is 5.21 Å². The first-order chi connectivity index (χ1) is 30.9.